The smallest absolute Gasteiger partial charge is 0.248 e. The summed E-state index contributed by atoms with van der Waals surface area (Å²) in [6.45, 7) is 3.70. The van der Waals surface area contributed by atoms with Crippen molar-refractivity contribution >= 4 is 0 Å². The normalized spacial score (nSPS) is 12.7. The fourth-order valence-electron chi connectivity index (χ4n) is 1.26. The van der Waals surface area contributed by atoms with Gasteiger partial charge in [0.25, 0.3) is 0 Å². The number of H-pyrrole nitrogens is 1. The summed E-state index contributed by atoms with van der Waals surface area (Å²) in [6.07, 6.45) is 0. The molecule has 0 aliphatic rings. The van der Waals surface area contributed by atoms with Crippen molar-refractivity contribution in [1.29, 1.82) is 0 Å². The molecule has 1 rings (SSSR count). The van der Waals surface area contributed by atoms with Crippen LogP contribution in [0.1, 0.15) is 12.6 Å². The third kappa shape index (κ3) is 3.72. The van der Waals surface area contributed by atoms with Gasteiger partial charge in [0.15, 0.2) is 0 Å². The molecule has 1 atom stereocenters. The molecule has 0 aromatic carbocycles. The predicted molar refractivity (Wildman–Crippen MR) is 57.3 cm³/mol. The van der Waals surface area contributed by atoms with Gasteiger partial charge in [-0.15, -0.1) is 0 Å². The van der Waals surface area contributed by atoms with Gasteiger partial charge in [-0.3, -0.25) is 4.79 Å². The molecule has 0 radical (unpaired) electrons. The van der Waals surface area contributed by atoms with Crippen molar-refractivity contribution in [2.24, 2.45) is 0 Å². The number of hydrogen-bond donors (Lipinski definition) is 3. The summed E-state index contributed by atoms with van der Waals surface area (Å²) in [4.78, 5) is 13.7. The lowest BCUT2D eigenvalue weighted by Crippen LogP contribution is -2.34. The van der Waals surface area contributed by atoms with Crippen molar-refractivity contribution in [2.45, 2.75) is 19.5 Å². The zero-order chi connectivity index (χ0) is 10.4. The highest BCUT2D eigenvalue weighted by molar-refractivity contribution is 5.03. The molecule has 0 fully saturated rings. The SMILES string of the molecule is CNCC(C)NCc1cccc(=O)[nH]1. The lowest BCUT2D eigenvalue weighted by atomic mass is 10.3. The predicted octanol–water partition coefficient (Wildman–Crippen LogP) is 0.0724. The van der Waals surface area contributed by atoms with E-state index < -0.39 is 0 Å². The van der Waals surface area contributed by atoms with Crippen LogP contribution in [0.4, 0.5) is 0 Å². The van der Waals surface area contributed by atoms with E-state index in [0.29, 0.717) is 12.6 Å². The van der Waals surface area contributed by atoms with Gasteiger partial charge in [-0.2, -0.15) is 0 Å². The number of aromatic nitrogens is 1. The third-order valence-corrected chi connectivity index (χ3v) is 1.98. The molecule has 0 aliphatic heterocycles. The van der Waals surface area contributed by atoms with Gasteiger partial charge >= 0.3 is 0 Å². The zero-order valence-electron chi connectivity index (χ0n) is 8.63. The Hall–Kier alpha value is -1.13. The van der Waals surface area contributed by atoms with Crippen LogP contribution in [0.15, 0.2) is 23.0 Å². The van der Waals surface area contributed by atoms with Crippen LogP contribution in [0.2, 0.25) is 0 Å². The number of likely N-dealkylation sites (N-methyl/N-ethyl adjacent to an activating group) is 1. The fourth-order valence-corrected chi connectivity index (χ4v) is 1.26. The number of aromatic amines is 1. The minimum atomic E-state index is -0.0504. The first-order valence-corrected chi connectivity index (χ1v) is 4.78. The van der Waals surface area contributed by atoms with Gasteiger partial charge in [0.1, 0.15) is 0 Å². The standard InChI is InChI=1S/C10H17N3O/c1-8(6-11-2)12-7-9-4-3-5-10(14)13-9/h3-5,8,11-12H,6-7H2,1-2H3,(H,13,14). The molecule has 0 saturated heterocycles. The van der Waals surface area contributed by atoms with Gasteiger partial charge in [-0.1, -0.05) is 6.07 Å². The van der Waals surface area contributed by atoms with E-state index in [1.54, 1.807) is 6.07 Å². The first-order chi connectivity index (χ1) is 6.72. The Balaban J connectivity index is 2.41. The van der Waals surface area contributed by atoms with Crippen LogP contribution in [0.3, 0.4) is 0 Å². The molecule has 1 aromatic heterocycles. The second kappa shape index (κ2) is 5.57. The van der Waals surface area contributed by atoms with E-state index in [9.17, 15) is 4.79 Å². The Kier molecular flexibility index (Phi) is 4.35. The van der Waals surface area contributed by atoms with E-state index in [1.165, 1.54) is 6.07 Å². The Labute approximate surface area is 83.7 Å². The molecule has 4 heteroatoms. The van der Waals surface area contributed by atoms with E-state index in [4.69, 9.17) is 0 Å². The van der Waals surface area contributed by atoms with Crippen LogP contribution in [0.25, 0.3) is 0 Å². The van der Waals surface area contributed by atoms with Crippen LogP contribution < -0.4 is 16.2 Å². The molecule has 0 spiro atoms. The van der Waals surface area contributed by atoms with Crippen molar-refractivity contribution < 1.29 is 0 Å². The maximum atomic E-state index is 11.0. The highest BCUT2D eigenvalue weighted by atomic mass is 16.1. The van der Waals surface area contributed by atoms with Crippen LogP contribution in [-0.4, -0.2) is 24.6 Å². The third-order valence-electron chi connectivity index (χ3n) is 1.98. The van der Waals surface area contributed by atoms with Crippen molar-refractivity contribution in [3.63, 3.8) is 0 Å². The molecule has 0 aliphatic carbocycles. The van der Waals surface area contributed by atoms with Gasteiger partial charge in [-0.25, -0.2) is 0 Å². The van der Waals surface area contributed by atoms with Gasteiger partial charge < -0.3 is 15.6 Å². The van der Waals surface area contributed by atoms with Gasteiger partial charge in [0, 0.05) is 30.9 Å². The molecule has 0 saturated carbocycles. The number of rotatable bonds is 5. The quantitative estimate of drug-likeness (QED) is 0.623. The summed E-state index contributed by atoms with van der Waals surface area (Å²) in [7, 11) is 1.92. The Bertz CT molecular complexity index is 321. The van der Waals surface area contributed by atoms with Gasteiger partial charge in [0.2, 0.25) is 5.56 Å². The van der Waals surface area contributed by atoms with Crippen LogP contribution >= 0.6 is 0 Å². The van der Waals surface area contributed by atoms with Gasteiger partial charge in [0.05, 0.1) is 0 Å². The second-order valence-corrected chi connectivity index (χ2v) is 3.38. The summed E-state index contributed by atoms with van der Waals surface area (Å²) in [5.41, 5.74) is 0.867. The first-order valence-electron chi connectivity index (χ1n) is 4.78. The molecule has 1 aromatic rings. The molecule has 1 heterocycles. The average molecular weight is 195 g/mol. The minimum Gasteiger partial charge on any atom is -0.325 e. The molecule has 4 nitrogen and oxygen atoms in total. The highest BCUT2D eigenvalue weighted by Gasteiger charge is 1.99. The maximum absolute atomic E-state index is 11.0. The summed E-state index contributed by atoms with van der Waals surface area (Å²) in [5, 5.41) is 6.38. The average Bonchev–Trinajstić information content (AvgIpc) is 2.15. The van der Waals surface area contributed by atoms with E-state index in [-0.39, 0.29) is 5.56 Å². The van der Waals surface area contributed by atoms with E-state index in [0.717, 1.165) is 12.2 Å². The summed E-state index contributed by atoms with van der Waals surface area (Å²) < 4.78 is 0. The minimum absolute atomic E-state index is 0.0504. The Morgan fingerprint density at radius 1 is 1.50 bits per heavy atom. The van der Waals surface area contributed by atoms with Crippen molar-refractivity contribution in [1.82, 2.24) is 15.6 Å². The molecular weight excluding hydrogens is 178 g/mol. The van der Waals surface area contributed by atoms with Crippen molar-refractivity contribution in [2.75, 3.05) is 13.6 Å². The van der Waals surface area contributed by atoms with Crippen molar-refractivity contribution in [3.05, 3.63) is 34.2 Å². The van der Waals surface area contributed by atoms with Crippen LogP contribution in [0, 0.1) is 0 Å². The number of hydrogen-bond acceptors (Lipinski definition) is 3. The number of nitrogens with one attached hydrogen (secondary N) is 3. The molecular formula is C10H17N3O. The largest absolute Gasteiger partial charge is 0.325 e. The Morgan fingerprint density at radius 2 is 2.29 bits per heavy atom. The Morgan fingerprint density at radius 3 is 2.93 bits per heavy atom. The lowest BCUT2D eigenvalue weighted by molar-refractivity contribution is 0.518. The summed E-state index contributed by atoms with van der Waals surface area (Å²) in [5.74, 6) is 0. The highest BCUT2D eigenvalue weighted by Crippen LogP contribution is 1.90. The van der Waals surface area contributed by atoms with E-state index >= 15 is 0 Å². The van der Waals surface area contributed by atoms with Crippen LogP contribution in [-0.2, 0) is 6.54 Å². The maximum Gasteiger partial charge on any atom is 0.248 e. The molecule has 78 valence electrons. The monoisotopic (exact) mass is 195 g/mol. The number of pyridine rings is 1. The summed E-state index contributed by atoms with van der Waals surface area (Å²) >= 11 is 0. The molecule has 3 N–H and O–H groups in total. The van der Waals surface area contributed by atoms with E-state index in [1.807, 2.05) is 13.1 Å². The summed E-state index contributed by atoms with van der Waals surface area (Å²) in [6, 6.07) is 5.57. The molecule has 14 heavy (non-hydrogen) atoms. The fraction of sp³-hybridized carbons (Fsp3) is 0.500. The second-order valence-electron chi connectivity index (χ2n) is 3.38. The van der Waals surface area contributed by atoms with Crippen molar-refractivity contribution in [3.8, 4) is 0 Å². The van der Waals surface area contributed by atoms with Crippen LogP contribution in [0.5, 0.6) is 0 Å². The molecule has 0 amide bonds. The van der Waals surface area contributed by atoms with Gasteiger partial charge in [-0.05, 0) is 20.0 Å². The molecule has 0 bridgehead atoms. The molecule has 1 unspecified atom stereocenters. The first kappa shape index (κ1) is 10.9. The topological polar surface area (TPSA) is 56.9 Å². The van der Waals surface area contributed by atoms with E-state index in [2.05, 4.69) is 22.5 Å². The lowest BCUT2D eigenvalue weighted by Gasteiger charge is -2.12. The zero-order valence-corrected chi connectivity index (χ0v) is 8.63.